The van der Waals surface area contributed by atoms with Gasteiger partial charge in [-0.1, -0.05) is 11.6 Å². The molecular weight excluding hydrogens is 326 g/mol. The van der Waals surface area contributed by atoms with Gasteiger partial charge >= 0.3 is 0 Å². The second-order valence-corrected chi connectivity index (χ2v) is 5.80. The number of benzene rings is 2. The number of amides is 1. The van der Waals surface area contributed by atoms with Crippen molar-refractivity contribution < 1.29 is 14.3 Å². The van der Waals surface area contributed by atoms with Gasteiger partial charge in [0.1, 0.15) is 11.5 Å². The molecule has 5 heteroatoms. The Balaban J connectivity index is 1.70. The Morgan fingerprint density at radius 2 is 1.75 bits per heavy atom. The van der Waals surface area contributed by atoms with Gasteiger partial charge in [0, 0.05) is 17.1 Å². The van der Waals surface area contributed by atoms with Crippen molar-refractivity contribution >= 4 is 23.2 Å². The number of aryl methyl sites for hydroxylation is 1. The zero-order valence-electron chi connectivity index (χ0n) is 14.0. The minimum Gasteiger partial charge on any atom is -0.494 e. The van der Waals surface area contributed by atoms with Gasteiger partial charge in [0.15, 0.2) is 0 Å². The van der Waals surface area contributed by atoms with Crippen LogP contribution in [0.5, 0.6) is 11.5 Å². The molecule has 0 unspecified atom stereocenters. The maximum absolute atomic E-state index is 12.0. The van der Waals surface area contributed by atoms with Gasteiger partial charge in [-0.25, -0.2) is 0 Å². The normalized spacial score (nSPS) is 10.3. The molecule has 24 heavy (non-hydrogen) atoms. The third-order valence-electron chi connectivity index (χ3n) is 3.41. The van der Waals surface area contributed by atoms with Gasteiger partial charge < -0.3 is 14.8 Å². The van der Waals surface area contributed by atoms with Crippen LogP contribution in [0.25, 0.3) is 0 Å². The van der Waals surface area contributed by atoms with Crippen molar-refractivity contribution in [2.24, 2.45) is 0 Å². The van der Waals surface area contributed by atoms with E-state index in [1.165, 1.54) is 0 Å². The molecule has 0 aromatic heterocycles. The Morgan fingerprint density at radius 1 is 1.08 bits per heavy atom. The monoisotopic (exact) mass is 347 g/mol. The predicted molar refractivity (Wildman–Crippen MR) is 97.2 cm³/mol. The van der Waals surface area contributed by atoms with E-state index in [1.807, 2.05) is 50.2 Å². The van der Waals surface area contributed by atoms with Crippen LogP contribution in [-0.4, -0.2) is 19.1 Å². The Labute approximate surface area is 147 Å². The van der Waals surface area contributed by atoms with Crippen molar-refractivity contribution in [2.45, 2.75) is 26.7 Å². The molecule has 2 aromatic carbocycles. The molecule has 0 radical (unpaired) electrons. The second-order valence-electron chi connectivity index (χ2n) is 5.36. The molecule has 2 aromatic rings. The maximum Gasteiger partial charge on any atom is 0.224 e. The molecule has 0 spiro atoms. The van der Waals surface area contributed by atoms with Gasteiger partial charge in [-0.2, -0.15) is 0 Å². The minimum absolute atomic E-state index is 0.0317. The highest BCUT2D eigenvalue weighted by atomic mass is 35.5. The SMILES string of the molecule is CCOc1ccc(OCCCC(=O)Nc2ccc(Cl)cc2C)cc1. The molecule has 0 aliphatic rings. The number of anilines is 1. The average Bonchev–Trinajstić information content (AvgIpc) is 2.56. The van der Waals surface area contributed by atoms with E-state index in [2.05, 4.69) is 5.32 Å². The summed E-state index contributed by atoms with van der Waals surface area (Å²) in [6.07, 6.45) is 1.05. The molecule has 0 saturated heterocycles. The number of ether oxygens (including phenoxy) is 2. The minimum atomic E-state index is -0.0317. The first-order valence-electron chi connectivity index (χ1n) is 8.00. The van der Waals surface area contributed by atoms with E-state index < -0.39 is 0 Å². The number of halogens is 1. The highest BCUT2D eigenvalue weighted by Crippen LogP contribution is 2.20. The molecule has 1 amide bonds. The molecule has 0 bridgehead atoms. The summed E-state index contributed by atoms with van der Waals surface area (Å²) in [5, 5.41) is 3.55. The Kier molecular flexibility index (Phi) is 6.94. The first-order valence-corrected chi connectivity index (χ1v) is 8.38. The average molecular weight is 348 g/mol. The summed E-state index contributed by atoms with van der Waals surface area (Å²) in [6.45, 7) is 4.99. The van der Waals surface area contributed by atoms with Crippen LogP contribution in [0.4, 0.5) is 5.69 Å². The molecule has 0 saturated carbocycles. The Hall–Kier alpha value is -2.20. The third-order valence-corrected chi connectivity index (χ3v) is 3.65. The van der Waals surface area contributed by atoms with E-state index in [0.717, 1.165) is 22.7 Å². The fourth-order valence-corrected chi connectivity index (χ4v) is 2.43. The zero-order chi connectivity index (χ0) is 17.4. The molecular formula is C19H22ClNO3. The fraction of sp³-hybridized carbons (Fsp3) is 0.316. The van der Waals surface area contributed by atoms with Crippen LogP contribution in [-0.2, 0) is 4.79 Å². The number of hydrogen-bond acceptors (Lipinski definition) is 3. The largest absolute Gasteiger partial charge is 0.494 e. The first-order chi connectivity index (χ1) is 11.6. The van der Waals surface area contributed by atoms with Gasteiger partial charge in [-0.05, 0) is 68.3 Å². The first kappa shape index (κ1) is 18.1. The van der Waals surface area contributed by atoms with E-state index in [4.69, 9.17) is 21.1 Å². The van der Waals surface area contributed by atoms with Crippen LogP contribution in [0.1, 0.15) is 25.3 Å². The van der Waals surface area contributed by atoms with Crippen molar-refractivity contribution in [3.05, 3.63) is 53.1 Å². The van der Waals surface area contributed by atoms with E-state index >= 15 is 0 Å². The van der Waals surface area contributed by atoms with Gasteiger partial charge in [0.2, 0.25) is 5.91 Å². The van der Waals surface area contributed by atoms with Crippen LogP contribution < -0.4 is 14.8 Å². The Bertz CT molecular complexity index is 671. The molecule has 0 aliphatic heterocycles. The number of carbonyl (C=O) groups excluding carboxylic acids is 1. The molecule has 2 rings (SSSR count). The van der Waals surface area contributed by atoms with Gasteiger partial charge in [-0.15, -0.1) is 0 Å². The van der Waals surface area contributed by atoms with Crippen molar-refractivity contribution in [1.29, 1.82) is 0 Å². The summed E-state index contributed by atoms with van der Waals surface area (Å²) >= 11 is 5.90. The molecule has 0 fully saturated rings. The highest BCUT2D eigenvalue weighted by Gasteiger charge is 2.05. The highest BCUT2D eigenvalue weighted by molar-refractivity contribution is 6.30. The van der Waals surface area contributed by atoms with Gasteiger partial charge in [0.05, 0.1) is 13.2 Å². The van der Waals surface area contributed by atoms with Crippen molar-refractivity contribution in [2.75, 3.05) is 18.5 Å². The molecule has 4 nitrogen and oxygen atoms in total. The molecule has 0 atom stereocenters. The lowest BCUT2D eigenvalue weighted by Gasteiger charge is -2.10. The van der Waals surface area contributed by atoms with Crippen molar-refractivity contribution in [3.63, 3.8) is 0 Å². The maximum atomic E-state index is 12.0. The lowest BCUT2D eigenvalue weighted by atomic mass is 10.2. The van der Waals surface area contributed by atoms with Crippen LogP contribution in [0.15, 0.2) is 42.5 Å². The lowest BCUT2D eigenvalue weighted by Crippen LogP contribution is -2.13. The Morgan fingerprint density at radius 3 is 2.38 bits per heavy atom. The smallest absolute Gasteiger partial charge is 0.224 e. The van der Waals surface area contributed by atoms with E-state index in [1.54, 1.807) is 6.07 Å². The summed E-state index contributed by atoms with van der Waals surface area (Å²) < 4.78 is 11.0. The number of rotatable bonds is 8. The summed E-state index contributed by atoms with van der Waals surface area (Å²) in [5.74, 6) is 1.56. The summed E-state index contributed by atoms with van der Waals surface area (Å²) in [4.78, 5) is 12.0. The van der Waals surface area contributed by atoms with E-state index in [0.29, 0.717) is 31.1 Å². The molecule has 0 aliphatic carbocycles. The van der Waals surface area contributed by atoms with E-state index in [-0.39, 0.29) is 5.91 Å². The lowest BCUT2D eigenvalue weighted by molar-refractivity contribution is -0.116. The molecule has 1 N–H and O–H groups in total. The van der Waals surface area contributed by atoms with Crippen molar-refractivity contribution in [3.8, 4) is 11.5 Å². The summed E-state index contributed by atoms with van der Waals surface area (Å²) in [5.41, 5.74) is 1.73. The van der Waals surface area contributed by atoms with Gasteiger partial charge in [0.25, 0.3) is 0 Å². The quantitative estimate of drug-likeness (QED) is 0.695. The standard InChI is InChI=1S/C19H22ClNO3/c1-3-23-16-7-9-17(10-8-16)24-12-4-5-19(22)21-18-11-6-15(20)13-14(18)2/h6-11,13H,3-5,12H2,1-2H3,(H,21,22). The predicted octanol–water partition coefficient (Wildman–Crippen LogP) is 4.84. The van der Waals surface area contributed by atoms with Crippen LogP contribution in [0, 0.1) is 6.92 Å². The van der Waals surface area contributed by atoms with E-state index in [9.17, 15) is 4.79 Å². The zero-order valence-corrected chi connectivity index (χ0v) is 14.7. The second kappa shape index (κ2) is 9.18. The number of nitrogens with one attached hydrogen (secondary N) is 1. The van der Waals surface area contributed by atoms with Crippen LogP contribution in [0.3, 0.4) is 0 Å². The van der Waals surface area contributed by atoms with Crippen molar-refractivity contribution in [1.82, 2.24) is 0 Å². The third kappa shape index (κ3) is 5.78. The fourth-order valence-electron chi connectivity index (χ4n) is 2.20. The topological polar surface area (TPSA) is 47.6 Å². The number of hydrogen-bond donors (Lipinski definition) is 1. The number of carbonyl (C=O) groups is 1. The van der Waals surface area contributed by atoms with Crippen LogP contribution >= 0.6 is 11.6 Å². The van der Waals surface area contributed by atoms with Crippen LogP contribution in [0.2, 0.25) is 5.02 Å². The molecule has 128 valence electrons. The summed E-state index contributed by atoms with van der Waals surface area (Å²) in [7, 11) is 0. The summed E-state index contributed by atoms with van der Waals surface area (Å²) in [6, 6.07) is 12.9. The van der Waals surface area contributed by atoms with Gasteiger partial charge in [-0.3, -0.25) is 4.79 Å². The molecule has 0 heterocycles.